The summed E-state index contributed by atoms with van der Waals surface area (Å²) in [5.74, 6) is -0.322. The van der Waals surface area contributed by atoms with Crippen LogP contribution in [0.15, 0.2) is 46.1 Å². The Bertz CT molecular complexity index is 1300. The van der Waals surface area contributed by atoms with Crippen LogP contribution < -0.4 is 5.56 Å². The summed E-state index contributed by atoms with van der Waals surface area (Å²) in [4.78, 5) is 30.5. The molecule has 0 radical (unpaired) electrons. The number of pyridine rings is 1. The maximum Gasteiger partial charge on any atom is 0.416 e. The summed E-state index contributed by atoms with van der Waals surface area (Å²) in [6, 6.07) is 7.15. The summed E-state index contributed by atoms with van der Waals surface area (Å²) in [5, 5.41) is 10.9. The van der Waals surface area contributed by atoms with Gasteiger partial charge in [0.1, 0.15) is 11.5 Å². The molecule has 0 unspecified atom stereocenters. The van der Waals surface area contributed by atoms with Crippen molar-refractivity contribution in [2.75, 3.05) is 25.4 Å². The highest BCUT2D eigenvalue weighted by Crippen LogP contribution is 2.42. The van der Waals surface area contributed by atoms with Gasteiger partial charge in [-0.3, -0.25) is 9.59 Å². The second-order valence-electron chi connectivity index (χ2n) is 8.56. The average Bonchev–Trinajstić information content (AvgIpc) is 2.82. The molecule has 0 bridgehead atoms. The van der Waals surface area contributed by atoms with Gasteiger partial charge in [-0.05, 0) is 62.3 Å². The van der Waals surface area contributed by atoms with E-state index in [0.29, 0.717) is 13.0 Å². The Morgan fingerprint density at radius 1 is 1.11 bits per heavy atom. The summed E-state index contributed by atoms with van der Waals surface area (Å²) in [6.07, 6.45) is -0.853. The molecule has 0 spiro atoms. The van der Waals surface area contributed by atoms with Crippen LogP contribution in [0.25, 0.3) is 22.0 Å². The number of halogens is 4. The van der Waals surface area contributed by atoms with Gasteiger partial charge >= 0.3 is 6.18 Å². The van der Waals surface area contributed by atoms with Gasteiger partial charge in [-0.15, -0.1) is 11.8 Å². The number of hydrogen-bond acceptors (Lipinski definition) is 5. The van der Waals surface area contributed by atoms with Gasteiger partial charge in [0.15, 0.2) is 0 Å². The number of fused-ring (bicyclic) bond motifs is 1. The summed E-state index contributed by atoms with van der Waals surface area (Å²) in [7, 11) is 0. The van der Waals surface area contributed by atoms with Crippen LogP contribution >= 0.6 is 23.4 Å². The number of piperidine rings is 1. The number of nitrogens with one attached hydrogen (secondary N) is 1. The molecule has 5 nitrogen and oxygen atoms in total. The number of alkyl halides is 3. The molecule has 4 rings (SSSR count). The third-order valence-corrected chi connectivity index (χ3v) is 7.44. The van der Waals surface area contributed by atoms with E-state index in [1.165, 1.54) is 30.7 Å². The molecule has 1 aromatic heterocycles. The zero-order chi connectivity index (χ0) is 25.2. The molecule has 0 aliphatic carbocycles. The minimum Gasteiger partial charge on any atom is -0.507 e. The molecule has 10 heteroatoms. The van der Waals surface area contributed by atoms with Gasteiger partial charge < -0.3 is 15.0 Å². The minimum absolute atomic E-state index is 0.0181. The Morgan fingerprint density at radius 3 is 2.57 bits per heavy atom. The molecule has 1 fully saturated rings. The number of Topliss-reactive ketones (excluding diaryl/α,β-unsaturated/α-hetero) is 1. The van der Waals surface area contributed by atoms with Crippen molar-refractivity contribution in [1.82, 2.24) is 9.88 Å². The first-order chi connectivity index (χ1) is 16.6. The van der Waals surface area contributed by atoms with Crippen LogP contribution in [0.5, 0.6) is 5.75 Å². The Labute approximate surface area is 209 Å². The Morgan fingerprint density at radius 2 is 1.86 bits per heavy atom. The van der Waals surface area contributed by atoms with Gasteiger partial charge in [0.25, 0.3) is 5.56 Å². The average molecular weight is 525 g/mol. The molecular weight excluding hydrogens is 501 g/mol. The number of phenols is 1. The molecule has 1 saturated heterocycles. The van der Waals surface area contributed by atoms with E-state index in [9.17, 15) is 27.9 Å². The van der Waals surface area contributed by atoms with E-state index in [0.717, 1.165) is 49.8 Å². The lowest BCUT2D eigenvalue weighted by molar-refractivity contribution is -0.137. The summed E-state index contributed by atoms with van der Waals surface area (Å²) in [6.45, 7) is 2.57. The molecule has 0 atom stereocenters. The lowest BCUT2D eigenvalue weighted by atomic mass is 9.98. The van der Waals surface area contributed by atoms with Crippen molar-refractivity contribution in [2.24, 2.45) is 0 Å². The van der Waals surface area contributed by atoms with Gasteiger partial charge in [0.2, 0.25) is 0 Å². The van der Waals surface area contributed by atoms with Gasteiger partial charge in [-0.1, -0.05) is 18.0 Å². The van der Waals surface area contributed by atoms with Crippen LogP contribution in [0.4, 0.5) is 13.2 Å². The van der Waals surface area contributed by atoms with Crippen LogP contribution in [0.2, 0.25) is 5.02 Å². The summed E-state index contributed by atoms with van der Waals surface area (Å²) < 4.78 is 40.4. The van der Waals surface area contributed by atoms with Gasteiger partial charge in [-0.25, -0.2) is 0 Å². The number of aromatic nitrogens is 1. The lowest BCUT2D eigenvalue weighted by Gasteiger charge is -2.25. The third-order valence-electron chi connectivity index (χ3n) is 6.06. The van der Waals surface area contributed by atoms with Gasteiger partial charge in [0, 0.05) is 40.0 Å². The van der Waals surface area contributed by atoms with E-state index >= 15 is 0 Å². The number of carbonyl (C=O) groups is 1. The Kier molecular flexibility index (Phi) is 7.78. The smallest absolute Gasteiger partial charge is 0.416 e. The number of likely N-dealkylation sites (tertiary alicyclic amines) is 1. The number of ketones is 1. The first-order valence-electron chi connectivity index (χ1n) is 11.3. The van der Waals surface area contributed by atoms with Gasteiger partial charge in [-0.2, -0.15) is 13.2 Å². The van der Waals surface area contributed by atoms with Crippen molar-refractivity contribution in [2.45, 2.75) is 36.8 Å². The third kappa shape index (κ3) is 6.02. The number of phenolic OH excluding ortho intramolecular Hbond substituents is 1. The van der Waals surface area contributed by atoms with Crippen molar-refractivity contribution in [3.63, 3.8) is 0 Å². The fourth-order valence-corrected chi connectivity index (χ4v) is 5.42. The molecular formula is C25H24ClF3N2O3S. The molecule has 0 saturated carbocycles. The molecule has 0 amide bonds. The number of aromatic hydroxyl groups is 1. The molecule has 186 valence electrons. The quantitative estimate of drug-likeness (QED) is 0.365. The van der Waals surface area contributed by atoms with Crippen LogP contribution in [0.1, 0.15) is 31.2 Å². The zero-order valence-electron chi connectivity index (χ0n) is 18.8. The fourth-order valence-electron chi connectivity index (χ4n) is 4.26. The molecule has 1 aliphatic heterocycles. The van der Waals surface area contributed by atoms with Crippen molar-refractivity contribution in [3.8, 4) is 16.9 Å². The molecule has 2 N–H and O–H groups in total. The molecule has 2 heterocycles. The Balaban J connectivity index is 1.72. The van der Waals surface area contributed by atoms with E-state index in [1.54, 1.807) is 0 Å². The highest BCUT2D eigenvalue weighted by molar-refractivity contribution is 8.00. The summed E-state index contributed by atoms with van der Waals surface area (Å²) in [5.41, 5.74) is -1.04. The molecule has 3 aromatic rings. The topological polar surface area (TPSA) is 73.4 Å². The number of nitrogens with zero attached hydrogens (tertiary/aromatic N) is 1. The number of carbonyl (C=O) groups excluding carboxylic acids is 1. The highest BCUT2D eigenvalue weighted by atomic mass is 35.5. The predicted octanol–water partition coefficient (Wildman–Crippen LogP) is 6.11. The van der Waals surface area contributed by atoms with Crippen LogP contribution in [0, 0.1) is 0 Å². The number of thioether (sulfide) groups is 1. The summed E-state index contributed by atoms with van der Waals surface area (Å²) >= 11 is 7.07. The van der Waals surface area contributed by atoms with E-state index in [4.69, 9.17) is 11.6 Å². The first-order valence-corrected chi connectivity index (χ1v) is 12.6. The molecule has 2 aromatic carbocycles. The number of hydrogen-bond donors (Lipinski definition) is 2. The maximum absolute atomic E-state index is 13.5. The van der Waals surface area contributed by atoms with Crippen LogP contribution in [0.3, 0.4) is 0 Å². The van der Waals surface area contributed by atoms with E-state index in [-0.39, 0.29) is 49.2 Å². The zero-order valence-corrected chi connectivity index (χ0v) is 20.3. The number of H-pyrrole nitrogens is 1. The molecule has 35 heavy (non-hydrogen) atoms. The monoisotopic (exact) mass is 524 g/mol. The lowest BCUT2D eigenvalue weighted by Crippen LogP contribution is -2.31. The van der Waals surface area contributed by atoms with Crippen LogP contribution in [-0.2, 0) is 11.0 Å². The van der Waals surface area contributed by atoms with Crippen molar-refractivity contribution in [1.29, 1.82) is 0 Å². The Hall–Kier alpha value is -2.49. The van der Waals surface area contributed by atoms with Crippen molar-refractivity contribution < 1.29 is 23.1 Å². The van der Waals surface area contributed by atoms with E-state index in [2.05, 4.69) is 9.88 Å². The highest BCUT2D eigenvalue weighted by Gasteiger charge is 2.31. The number of benzene rings is 2. The SMILES string of the molecule is O=C(CCN1CCCCC1)CSc1c(-c2cc(Cl)ccc2O)c2cc(C(F)(F)F)ccc2[nH]c1=O. The maximum atomic E-state index is 13.5. The van der Waals surface area contributed by atoms with E-state index in [1.807, 2.05) is 0 Å². The first kappa shape index (κ1) is 25.6. The van der Waals surface area contributed by atoms with E-state index < -0.39 is 17.3 Å². The van der Waals surface area contributed by atoms with Crippen molar-refractivity contribution >= 4 is 40.0 Å². The number of aromatic amines is 1. The second-order valence-corrected chi connectivity index (χ2v) is 9.98. The minimum atomic E-state index is -4.60. The van der Waals surface area contributed by atoms with Gasteiger partial charge in [0.05, 0.1) is 16.2 Å². The standard InChI is InChI=1S/C25H24ClF3N2O3S/c26-16-5-7-21(33)19(13-16)22-18-12-15(25(27,28)29)4-6-20(18)30-24(34)23(22)35-14-17(32)8-11-31-9-2-1-3-10-31/h4-7,12-13,33H,1-3,8-11,14H2,(H,30,34). The largest absolute Gasteiger partial charge is 0.507 e. The second kappa shape index (κ2) is 10.6. The van der Waals surface area contributed by atoms with Crippen LogP contribution in [-0.4, -0.2) is 46.2 Å². The predicted molar refractivity (Wildman–Crippen MR) is 132 cm³/mol. The fraction of sp³-hybridized carbons (Fsp3) is 0.360. The van der Waals surface area contributed by atoms with Crippen molar-refractivity contribution in [3.05, 3.63) is 57.3 Å². The number of rotatable bonds is 7. The normalized spacial score (nSPS) is 15.0. The molecule has 1 aliphatic rings.